The molecule has 2 aliphatic rings. The summed E-state index contributed by atoms with van der Waals surface area (Å²) in [6.07, 6.45) is 13.0. The zero-order valence-corrected chi connectivity index (χ0v) is 9.34. The average Bonchev–Trinajstić information content (AvgIpc) is 2.62. The third kappa shape index (κ3) is 1.52. The maximum atomic E-state index is 6.06. The van der Waals surface area contributed by atoms with Crippen LogP contribution in [0.15, 0.2) is 12.2 Å². The Kier molecular flexibility index (Phi) is 2.96. The molecule has 0 aromatic carbocycles. The standard InChI is InChI=1S/C13H23N/c1-11-6-5-9-13(11,10-14)12-7-3-2-4-8-12/h3,7,11-12H,2,4-6,8-10,14H2,1H3. The van der Waals surface area contributed by atoms with Crippen LogP contribution in [0.5, 0.6) is 0 Å². The summed E-state index contributed by atoms with van der Waals surface area (Å²) < 4.78 is 0. The third-order valence-corrected chi connectivity index (χ3v) is 4.63. The molecule has 80 valence electrons. The number of rotatable bonds is 2. The molecule has 0 aromatic heterocycles. The Bertz CT molecular complexity index is 221. The summed E-state index contributed by atoms with van der Waals surface area (Å²) >= 11 is 0. The topological polar surface area (TPSA) is 26.0 Å². The molecule has 0 aliphatic heterocycles. The third-order valence-electron chi connectivity index (χ3n) is 4.63. The van der Waals surface area contributed by atoms with Crippen LogP contribution in [0, 0.1) is 17.3 Å². The molecule has 3 atom stereocenters. The molecule has 0 spiro atoms. The van der Waals surface area contributed by atoms with E-state index in [1.54, 1.807) is 0 Å². The maximum absolute atomic E-state index is 6.06. The summed E-state index contributed by atoms with van der Waals surface area (Å²) in [6, 6.07) is 0. The molecule has 0 bridgehead atoms. The van der Waals surface area contributed by atoms with E-state index in [2.05, 4.69) is 19.1 Å². The first kappa shape index (κ1) is 10.2. The average molecular weight is 193 g/mol. The van der Waals surface area contributed by atoms with Crippen molar-refractivity contribution in [3.8, 4) is 0 Å². The van der Waals surface area contributed by atoms with Crippen molar-refractivity contribution in [1.82, 2.24) is 0 Å². The highest BCUT2D eigenvalue weighted by molar-refractivity contribution is 5.06. The van der Waals surface area contributed by atoms with Crippen molar-refractivity contribution < 1.29 is 0 Å². The van der Waals surface area contributed by atoms with Crippen molar-refractivity contribution in [2.24, 2.45) is 23.0 Å². The highest BCUT2D eigenvalue weighted by Gasteiger charge is 2.44. The first-order chi connectivity index (χ1) is 6.79. The molecule has 1 saturated carbocycles. The largest absolute Gasteiger partial charge is 0.330 e. The molecule has 3 unspecified atom stereocenters. The molecule has 0 aromatic rings. The van der Waals surface area contributed by atoms with Gasteiger partial charge in [-0.25, -0.2) is 0 Å². The van der Waals surface area contributed by atoms with Gasteiger partial charge in [0, 0.05) is 0 Å². The van der Waals surface area contributed by atoms with Gasteiger partial charge in [0.2, 0.25) is 0 Å². The summed E-state index contributed by atoms with van der Waals surface area (Å²) in [5.41, 5.74) is 6.51. The van der Waals surface area contributed by atoms with E-state index in [1.165, 1.54) is 38.5 Å². The van der Waals surface area contributed by atoms with Gasteiger partial charge in [-0.1, -0.05) is 31.9 Å². The zero-order chi connectivity index (χ0) is 10.0. The summed E-state index contributed by atoms with van der Waals surface area (Å²) in [7, 11) is 0. The molecule has 0 amide bonds. The van der Waals surface area contributed by atoms with Crippen LogP contribution in [0.25, 0.3) is 0 Å². The van der Waals surface area contributed by atoms with Gasteiger partial charge in [-0.2, -0.15) is 0 Å². The number of hydrogen-bond acceptors (Lipinski definition) is 1. The fraction of sp³-hybridized carbons (Fsp3) is 0.846. The van der Waals surface area contributed by atoms with E-state index in [0.717, 1.165) is 18.4 Å². The highest BCUT2D eigenvalue weighted by atomic mass is 14.6. The first-order valence-electron chi connectivity index (χ1n) is 6.16. The lowest BCUT2D eigenvalue weighted by Gasteiger charge is -2.40. The van der Waals surface area contributed by atoms with Gasteiger partial charge in [0.25, 0.3) is 0 Å². The lowest BCUT2D eigenvalue weighted by Crippen LogP contribution is -2.40. The van der Waals surface area contributed by atoms with Crippen molar-refractivity contribution >= 4 is 0 Å². The molecule has 1 nitrogen and oxygen atoms in total. The van der Waals surface area contributed by atoms with Gasteiger partial charge in [0.05, 0.1) is 0 Å². The normalized spacial score (nSPS) is 43.0. The Morgan fingerprint density at radius 2 is 2.21 bits per heavy atom. The van der Waals surface area contributed by atoms with Crippen molar-refractivity contribution in [3.63, 3.8) is 0 Å². The minimum atomic E-state index is 0.455. The van der Waals surface area contributed by atoms with Gasteiger partial charge in [-0.3, -0.25) is 0 Å². The van der Waals surface area contributed by atoms with Crippen molar-refractivity contribution in [2.75, 3.05) is 6.54 Å². The van der Waals surface area contributed by atoms with Gasteiger partial charge in [0.1, 0.15) is 0 Å². The fourth-order valence-electron chi connectivity index (χ4n) is 3.57. The van der Waals surface area contributed by atoms with Crippen molar-refractivity contribution in [3.05, 3.63) is 12.2 Å². The SMILES string of the molecule is CC1CCCC1(CN)C1C=CCCC1. The number of nitrogens with two attached hydrogens (primary N) is 1. The molecule has 2 aliphatic carbocycles. The second-order valence-electron chi connectivity index (χ2n) is 5.20. The van der Waals surface area contributed by atoms with E-state index in [4.69, 9.17) is 5.73 Å². The van der Waals surface area contributed by atoms with Crippen LogP contribution in [0.1, 0.15) is 45.4 Å². The fourth-order valence-corrected chi connectivity index (χ4v) is 3.57. The van der Waals surface area contributed by atoms with E-state index in [9.17, 15) is 0 Å². The molecule has 1 fully saturated rings. The minimum absolute atomic E-state index is 0.455. The molecule has 2 N–H and O–H groups in total. The zero-order valence-electron chi connectivity index (χ0n) is 9.34. The Balaban J connectivity index is 2.18. The summed E-state index contributed by atoms with van der Waals surface area (Å²) in [5, 5.41) is 0. The summed E-state index contributed by atoms with van der Waals surface area (Å²) in [4.78, 5) is 0. The first-order valence-corrected chi connectivity index (χ1v) is 6.16. The molecule has 0 saturated heterocycles. The van der Waals surface area contributed by atoms with Gasteiger partial charge >= 0.3 is 0 Å². The van der Waals surface area contributed by atoms with E-state index >= 15 is 0 Å². The van der Waals surface area contributed by atoms with Crippen LogP contribution < -0.4 is 5.73 Å². The molecular weight excluding hydrogens is 170 g/mol. The van der Waals surface area contributed by atoms with E-state index in [0.29, 0.717) is 5.41 Å². The second-order valence-corrected chi connectivity index (χ2v) is 5.20. The Labute approximate surface area is 87.8 Å². The van der Waals surface area contributed by atoms with Crippen molar-refractivity contribution in [2.45, 2.75) is 45.4 Å². The maximum Gasteiger partial charge on any atom is -0.00123 e. The Morgan fingerprint density at radius 1 is 1.36 bits per heavy atom. The molecular formula is C13H23N. The number of hydrogen-bond donors (Lipinski definition) is 1. The van der Waals surface area contributed by atoms with Gasteiger partial charge in [-0.05, 0) is 49.5 Å². The minimum Gasteiger partial charge on any atom is -0.330 e. The molecule has 2 rings (SSSR count). The molecule has 0 heterocycles. The van der Waals surface area contributed by atoms with Gasteiger partial charge < -0.3 is 5.73 Å². The van der Waals surface area contributed by atoms with Crippen LogP contribution in [0.4, 0.5) is 0 Å². The van der Waals surface area contributed by atoms with E-state index < -0.39 is 0 Å². The van der Waals surface area contributed by atoms with Crippen LogP contribution >= 0.6 is 0 Å². The quantitative estimate of drug-likeness (QED) is 0.670. The lowest BCUT2D eigenvalue weighted by molar-refractivity contribution is 0.139. The van der Waals surface area contributed by atoms with Crippen LogP contribution in [0.2, 0.25) is 0 Å². The smallest absolute Gasteiger partial charge is 0.00123 e. The molecule has 1 heteroatoms. The van der Waals surface area contributed by atoms with Crippen molar-refractivity contribution in [1.29, 1.82) is 0 Å². The number of allylic oxidation sites excluding steroid dienone is 2. The summed E-state index contributed by atoms with van der Waals surface area (Å²) in [5.74, 6) is 1.61. The highest BCUT2D eigenvalue weighted by Crippen LogP contribution is 2.50. The summed E-state index contributed by atoms with van der Waals surface area (Å²) in [6.45, 7) is 3.30. The molecule has 14 heavy (non-hydrogen) atoms. The van der Waals surface area contributed by atoms with Crippen LogP contribution in [-0.2, 0) is 0 Å². The van der Waals surface area contributed by atoms with Crippen LogP contribution in [-0.4, -0.2) is 6.54 Å². The van der Waals surface area contributed by atoms with Gasteiger partial charge in [0.15, 0.2) is 0 Å². The monoisotopic (exact) mass is 193 g/mol. The Morgan fingerprint density at radius 3 is 2.71 bits per heavy atom. The van der Waals surface area contributed by atoms with Crippen LogP contribution in [0.3, 0.4) is 0 Å². The second kappa shape index (κ2) is 4.06. The van der Waals surface area contributed by atoms with Gasteiger partial charge in [-0.15, -0.1) is 0 Å². The molecule has 0 radical (unpaired) electrons. The lowest BCUT2D eigenvalue weighted by atomic mass is 9.66. The Hall–Kier alpha value is -0.300. The van der Waals surface area contributed by atoms with E-state index in [-0.39, 0.29) is 0 Å². The predicted octanol–water partition coefficient (Wildman–Crippen LogP) is 3.11. The van der Waals surface area contributed by atoms with E-state index in [1.807, 2.05) is 0 Å². The predicted molar refractivity (Wildman–Crippen MR) is 61.0 cm³/mol.